The van der Waals surface area contributed by atoms with E-state index < -0.39 is 0 Å². The Bertz CT molecular complexity index is 139. The van der Waals surface area contributed by atoms with E-state index in [9.17, 15) is 0 Å². The van der Waals surface area contributed by atoms with E-state index in [0.29, 0.717) is 0 Å². The van der Waals surface area contributed by atoms with Crippen molar-refractivity contribution in [3.63, 3.8) is 0 Å². The van der Waals surface area contributed by atoms with E-state index in [1.807, 2.05) is 0 Å². The number of rotatable bonds is 11. The minimum absolute atomic E-state index is 0.872. The predicted molar refractivity (Wildman–Crippen MR) is 88.5 cm³/mol. The topological polar surface area (TPSA) is 26.0 Å². The zero-order valence-corrected chi connectivity index (χ0v) is 13.8. The lowest BCUT2D eigenvalue weighted by molar-refractivity contribution is 0.307. The molecule has 1 rings (SSSR count). The molecule has 0 amide bonds. The Labute approximate surface area is 122 Å². The Morgan fingerprint density at radius 2 is 1.21 bits per heavy atom. The summed E-state index contributed by atoms with van der Waals surface area (Å²) in [5.41, 5.74) is 5.42. The van der Waals surface area contributed by atoms with Gasteiger partial charge < -0.3 is 5.73 Å². The molecule has 0 heterocycles. The van der Waals surface area contributed by atoms with E-state index >= 15 is 0 Å². The number of hydrogen-bond donors (Lipinski definition) is 1. The first-order valence-electron chi connectivity index (χ1n) is 9.05. The number of unbranched alkanes of at least 4 members (excludes halogenated alkanes) is 9. The molecule has 0 spiro atoms. The fourth-order valence-corrected chi connectivity index (χ4v) is 2.53. The molecule has 0 radical (unpaired) electrons. The third kappa shape index (κ3) is 14.2. The average Bonchev–Trinajstić information content (AvgIpc) is 2.36. The van der Waals surface area contributed by atoms with Gasteiger partial charge in [0.2, 0.25) is 0 Å². The maximum Gasteiger partial charge on any atom is -0.00773 e. The molecule has 19 heavy (non-hydrogen) atoms. The van der Waals surface area contributed by atoms with Crippen LogP contribution < -0.4 is 5.73 Å². The van der Waals surface area contributed by atoms with Crippen LogP contribution in [0.25, 0.3) is 0 Å². The van der Waals surface area contributed by atoms with Gasteiger partial charge in [-0.25, -0.2) is 0 Å². The molecule has 0 aromatic carbocycles. The molecule has 116 valence electrons. The lowest BCUT2D eigenvalue weighted by Crippen LogP contribution is -2.08. The van der Waals surface area contributed by atoms with Gasteiger partial charge in [-0.05, 0) is 18.9 Å². The lowest BCUT2D eigenvalue weighted by Gasteiger charge is -2.22. The second-order valence-electron chi connectivity index (χ2n) is 6.18. The van der Waals surface area contributed by atoms with Crippen LogP contribution in [0.15, 0.2) is 0 Å². The van der Waals surface area contributed by atoms with Crippen LogP contribution in [0.1, 0.15) is 104 Å². The van der Waals surface area contributed by atoms with Gasteiger partial charge in [-0.3, -0.25) is 0 Å². The van der Waals surface area contributed by atoms with E-state index in [1.54, 1.807) is 0 Å². The van der Waals surface area contributed by atoms with Crippen molar-refractivity contribution in [3.05, 3.63) is 0 Å². The minimum atomic E-state index is 0.872. The molecule has 0 aromatic rings. The average molecular weight is 270 g/mol. The highest BCUT2D eigenvalue weighted by atomic mass is 14.5. The summed E-state index contributed by atoms with van der Waals surface area (Å²) in [6.45, 7) is 5.42. The molecule has 0 saturated heterocycles. The molecule has 1 nitrogen and oxygen atoms in total. The first kappa shape index (κ1) is 19.0. The fourth-order valence-electron chi connectivity index (χ4n) is 2.53. The van der Waals surface area contributed by atoms with Crippen molar-refractivity contribution in [1.29, 1.82) is 0 Å². The van der Waals surface area contributed by atoms with E-state index in [-0.39, 0.29) is 0 Å². The number of hydrogen-bond acceptors (Lipinski definition) is 1. The quantitative estimate of drug-likeness (QED) is 0.453. The Morgan fingerprint density at radius 1 is 0.737 bits per heavy atom. The Hall–Kier alpha value is -0.0400. The van der Waals surface area contributed by atoms with Crippen LogP contribution in [0.2, 0.25) is 0 Å². The van der Waals surface area contributed by atoms with Gasteiger partial charge in [-0.2, -0.15) is 0 Å². The van der Waals surface area contributed by atoms with Crippen LogP contribution >= 0.6 is 0 Å². The van der Waals surface area contributed by atoms with Gasteiger partial charge in [-0.15, -0.1) is 0 Å². The molecular formula is C18H39N. The highest BCUT2D eigenvalue weighted by Crippen LogP contribution is 2.28. The van der Waals surface area contributed by atoms with Crippen LogP contribution in [-0.4, -0.2) is 6.54 Å². The summed E-state index contributed by atoms with van der Waals surface area (Å²) in [6.07, 6.45) is 19.9. The second kappa shape index (κ2) is 16.0. The largest absolute Gasteiger partial charge is 0.330 e. The molecular weight excluding hydrogens is 230 g/mol. The first-order chi connectivity index (χ1) is 9.35. The summed E-state index contributed by atoms with van der Waals surface area (Å²) in [5.74, 6) is 1.12. The van der Waals surface area contributed by atoms with Crippen molar-refractivity contribution >= 4 is 0 Å². The second-order valence-corrected chi connectivity index (χ2v) is 6.18. The Balaban J connectivity index is 0.000000443. The summed E-state index contributed by atoms with van der Waals surface area (Å²) in [7, 11) is 0. The van der Waals surface area contributed by atoms with Crippen molar-refractivity contribution in [1.82, 2.24) is 0 Å². The van der Waals surface area contributed by atoms with E-state index in [4.69, 9.17) is 5.73 Å². The molecule has 1 aliphatic rings. The van der Waals surface area contributed by atoms with Crippen molar-refractivity contribution in [3.8, 4) is 0 Å². The van der Waals surface area contributed by atoms with Crippen LogP contribution in [0.3, 0.4) is 0 Å². The highest BCUT2D eigenvalue weighted by molar-refractivity contribution is 4.66. The summed E-state index contributed by atoms with van der Waals surface area (Å²) in [4.78, 5) is 0. The molecule has 0 unspecified atom stereocenters. The molecule has 1 fully saturated rings. The smallest absolute Gasteiger partial charge is 0.00773 e. The van der Waals surface area contributed by atoms with Crippen molar-refractivity contribution in [2.24, 2.45) is 11.7 Å². The van der Waals surface area contributed by atoms with Crippen LogP contribution in [0.5, 0.6) is 0 Å². The molecule has 0 aliphatic heterocycles. The minimum Gasteiger partial charge on any atom is -0.330 e. The standard InChI is InChI=1S/C12H27N.C6H12/c1-2-3-4-5-6-7-8-9-10-11-12-13;1-2-6-4-3-5-6/h2-13H2,1H3;6H,2-5H2,1H3. The summed E-state index contributed by atoms with van der Waals surface area (Å²) < 4.78 is 0. The first-order valence-corrected chi connectivity index (χ1v) is 9.05. The maximum absolute atomic E-state index is 5.42. The normalized spacial score (nSPS) is 14.7. The lowest BCUT2D eigenvalue weighted by atomic mass is 9.84. The summed E-state index contributed by atoms with van der Waals surface area (Å²) in [6, 6.07) is 0. The van der Waals surface area contributed by atoms with Gasteiger partial charge in [-0.1, -0.05) is 97.3 Å². The summed E-state index contributed by atoms with van der Waals surface area (Å²) in [5, 5.41) is 0. The van der Waals surface area contributed by atoms with Crippen molar-refractivity contribution in [2.45, 2.75) is 104 Å². The Morgan fingerprint density at radius 3 is 1.47 bits per heavy atom. The molecule has 0 aromatic heterocycles. The highest BCUT2D eigenvalue weighted by Gasteiger charge is 2.13. The van der Waals surface area contributed by atoms with E-state index in [0.717, 1.165) is 12.5 Å². The predicted octanol–water partition coefficient (Wildman–Crippen LogP) is 6.06. The third-order valence-electron chi connectivity index (χ3n) is 4.36. The van der Waals surface area contributed by atoms with Gasteiger partial charge in [0.15, 0.2) is 0 Å². The van der Waals surface area contributed by atoms with E-state index in [2.05, 4.69) is 13.8 Å². The monoisotopic (exact) mass is 269 g/mol. The van der Waals surface area contributed by atoms with Gasteiger partial charge in [0.25, 0.3) is 0 Å². The van der Waals surface area contributed by atoms with Gasteiger partial charge in [0, 0.05) is 0 Å². The summed E-state index contributed by atoms with van der Waals surface area (Å²) >= 11 is 0. The van der Waals surface area contributed by atoms with Gasteiger partial charge in [0.05, 0.1) is 0 Å². The molecule has 0 bridgehead atoms. The Kier molecular flexibility index (Phi) is 16.0. The molecule has 1 saturated carbocycles. The van der Waals surface area contributed by atoms with E-state index in [1.165, 1.54) is 89.9 Å². The molecule has 2 N–H and O–H groups in total. The zero-order chi connectivity index (χ0) is 14.2. The van der Waals surface area contributed by atoms with Crippen LogP contribution in [0, 0.1) is 5.92 Å². The molecule has 0 atom stereocenters. The number of nitrogens with two attached hydrogens (primary N) is 1. The van der Waals surface area contributed by atoms with Gasteiger partial charge >= 0.3 is 0 Å². The van der Waals surface area contributed by atoms with Gasteiger partial charge in [0.1, 0.15) is 0 Å². The molecule has 1 heteroatoms. The van der Waals surface area contributed by atoms with Crippen LogP contribution in [0.4, 0.5) is 0 Å². The van der Waals surface area contributed by atoms with Crippen molar-refractivity contribution in [2.75, 3.05) is 6.54 Å². The molecule has 1 aliphatic carbocycles. The fraction of sp³-hybridized carbons (Fsp3) is 1.00. The zero-order valence-electron chi connectivity index (χ0n) is 13.8. The maximum atomic E-state index is 5.42. The third-order valence-corrected chi connectivity index (χ3v) is 4.36. The van der Waals surface area contributed by atoms with Crippen LogP contribution in [-0.2, 0) is 0 Å². The SMILES string of the molecule is CCC1CCC1.CCCCCCCCCCCCN. The van der Waals surface area contributed by atoms with Crippen molar-refractivity contribution < 1.29 is 0 Å².